The number of aromatic nitrogens is 2. The first-order valence-corrected chi connectivity index (χ1v) is 6.44. The Morgan fingerprint density at radius 2 is 2.00 bits per heavy atom. The molecule has 0 aliphatic heterocycles. The van der Waals surface area contributed by atoms with E-state index in [4.69, 9.17) is 16.1 Å². The Bertz CT molecular complexity index is 525. The summed E-state index contributed by atoms with van der Waals surface area (Å²) in [5, 5.41) is 17.0. The third kappa shape index (κ3) is 3.45. The summed E-state index contributed by atoms with van der Waals surface area (Å²) in [5.41, 5.74) is 0.899. The van der Waals surface area contributed by atoms with E-state index in [1.54, 1.807) is 12.1 Å². The quantitative estimate of drug-likeness (QED) is 0.881. The highest BCUT2D eigenvalue weighted by molar-refractivity contribution is 6.30. The second-order valence-electron chi connectivity index (χ2n) is 4.54. The minimum atomic E-state index is -0.308. The van der Waals surface area contributed by atoms with E-state index in [1.807, 2.05) is 26.0 Å². The summed E-state index contributed by atoms with van der Waals surface area (Å²) in [6.45, 7) is 3.88. The molecule has 1 aromatic carbocycles. The Balaban J connectivity index is 2.12. The van der Waals surface area contributed by atoms with Gasteiger partial charge in [0.25, 0.3) is 0 Å². The lowest BCUT2D eigenvalue weighted by atomic mass is 10.1. The zero-order valence-corrected chi connectivity index (χ0v) is 11.6. The molecule has 6 heteroatoms. The van der Waals surface area contributed by atoms with E-state index in [1.165, 1.54) is 0 Å². The van der Waals surface area contributed by atoms with Crippen LogP contribution in [0.5, 0.6) is 0 Å². The second kappa shape index (κ2) is 6.04. The highest BCUT2D eigenvalue weighted by Gasteiger charge is 2.15. The van der Waals surface area contributed by atoms with Crippen molar-refractivity contribution in [1.29, 1.82) is 0 Å². The maximum absolute atomic E-state index is 9.44. The fourth-order valence-electron chi connectivity index (χ4n) is 1.61. The number of halogens is 1. The number of aliphatic hydroxyl groups is 1. The maximum atomic E-state index is 9.44. The van der Waals surface area contributed by atoms with E-state index < -0.39 is 0 Å². The van der Waals surface area contributed by atoms with Gasteiger partial charge in [-0.3, -0.25) is 0 Å². The molecule has 2 rings (SSSR count). The molecule has 1 heterocycles. The first-order valence-electron chi connectivity index (χ1n) is 6.06. The SMILES string of the molecule is CC(C)c1noc(NC(CO)c2ccc(Cl)cc2)n1. The fraction of sp³-hybridized carbons (Fsp3) is 0.385. The standard InChI is InChI=1S/C13H16ClN3O2/c1-8(2)12-16-13(19-17-12)15-11(7-18)9-3-5-10(14)6-4-9/h3-6,8,11,18H,7H2,1-2H3,(H,15,16,17). The fourth-order valence-corrected chi connectivity index (χ4v) is 1.73. The molecule has 0 aliphatic carbocycles. The van der Waals surface area contributed by atoms with Crippen molar-refractivity contribution in [3.8, 4) is 0 Å². The molecule has 0 bridgehead atoms. The van der Waals surface area contributed by atoms with E-state index in [9.17, 15) is 5.11 Å². The molecule has 1 unspecified atom stereocenters. The Hall–Kier alpha value is -1.59. The van der Waals surface area contributed by atoms with Crippen molar-refractivity contribution in [1.82, 2.24) is 10.1 Å². The molecule has 1 atom stereocenters. The third-order valence-corrected chi connectivity index (χ3v) is 2.96. The van der Waals surface area contributed by atoms with Crippen LogP contribution in [-0.2, 0) is 0 Å². The molecule has 5 nitrogen and oxygen atoms in total. The van der Waals surface area contributed by atoms with Crippen LogP contribution in [0.2, 0.25) is 5.02 Å². The summed E-state index contributed by atoms with van der Waals surface area (Å²) >= 11 is 5.83. The van der Waals surface area contributed by atoms with Crippen molar-refractivity contribution in [3.63, 3.8) is 0 Å². The van der Waals surface area contributed by atoms with Crippen molar-refractivity contribution >= 4 is 17.6 Å². The Kier molecular flexibility index (Phi) is 4.39. The molecular formula is C13H16ClN3O2. The van der Waals surface area contributed by atoms with Crippen molar-refractivity contribution in [3.05, 3.63) is 40.7 Å². The van der Waals surface area contributed by atoms with Crippen LogP contribution in [0.15, 0.2) is 28.8 Å². The largest absolute Gasteiger partial charge is 0.394 e. The average Bonchev–Trinajstić information content (AvgIpc) is 2.86. The van der Waals surface area contributed by atoms with Crippen molar-refractivity contribution in [2.75, 3.05) is 11.9 Å². The van der Waals surface area contributed by atoms with E-state index >= 15 is 0 Å². The average molecular weight is 282 g/mol. The molecule has 102 valence electrons. The molecule has 0 radical (unpaired) electrons. The van der Waals surface area contributed by atoms with Gasteiger partial charge in [0, 0.05) is 10.9 Å². The van der Waals surface area contributed by atoms with E-state index in [-0.39, 0.29) is 18.6 Å². The molecule has 0 saturated heterocycles. The molecule has 0 spiro atoms. The normalized spacial score (nSPS) is 12.7. The van der Waals surface area contributed by atoms with Crippen LogP contribution in [0.25, 0.3) is 0 Å². The van der Waals surface area contributed by atoms with Crippen LogP contribution >= 0.6 is 11.6 Å². The Labute approximate surface area is 116 Å². The van der Waals surface area contributed by atoms with Gasteiger partial charge in [0.15, 0.2) is 5.82 Å². The molecule has 0 fully saturated rings. The molecule has 2 aromatic rings. The lowest BCUT2D eigenvalue weighted by molar-refractivity contribution is 0.273. The lowest BCUT2D eigenvalue weighted by Crippen LogP contribution is -2.15. The number of aliphatic hydroxyl groups excluding tert-OH is 1. The summed E-state index contributed by atoms with van der Waals surface area (Å²) < 4.78 is 5.09. The monoisotopic (exact) mass is 281 g/mol. The van der Waals surface area contributed by atoms with Gasteiger partial charge in [-0.05, 0) is 17.7 Å². The molecule has 0 aliphatic rings. The number of nitrogens with one attached hydrogen (secondary N) is 1. The lowest BCUT2D eigenvalue weighted by Gasteiger charge is -2.14. The highest BCUT2D eigenvalue weighted by atomic mass is 35.5. The van der Waals surface area contributed by atoms with Gasteiger partial charge in [-0.25, -0.2) is 0 Å². The summed E-state index contributed by atoms with van der Waals surface area (Å²) in [5.74, 6) is 0.831. The zero-order chi connectivity index (χ0) is 13.8. The zero-order valence-electron chi connectivity index (χ0n) is 10.8. The third-order valence-electron chi connectivity index (χ3n) is 2.71. The number of nitrogens with zero attached hydrogens (tertiary/aromatic N) is 2. The minimum Gasteiger partial charge on any atom is -0.394 e. The number of hydrogen-bond acceptors (Lipinski definition) is 5. The van der Waals surface area contributed by atoms with E-state index in [0.717, 1.165) is 5.56 Å². The van der Waals surface area contributed by atoms with E-state index in [0.29, 0.717) is 16.9 Å². The predicted octanol–water partition coefficient (Wildman–Crippen LogP) is 2.99. The first kappa shape index (κ1) is 13.8. The van der Waals surface area contributed by atoms with Crippen LogP contribution in [0.4, 0.5) is 6.01 Å². The number of rotatable bonds is 5. The number of anilines is 1. The number of hydrogen-bond donors (Lipinski definition) is 2. The molecular weight excluding hydrogens is 266 g/mol. The summed E-state index contributed by atoms with van der Waals surface area (Å²) in [4.78, 5) is 4.21. The summed E-state index contributed by atoms with van der Waals surface area (Å²) in [7, 11) is 0. The smallest absolute Gasteiger partial charge is 0.322 e. The van der Waals surface area contributed by atoms with Gasteiger partial charge >= 0.3 is 6.01 Å². The molecule has 0 amide bonds. The summed E-state index contributed by atoms with van der Waals surface area (Å²) in [6, 6.07) is 7.23. The van der Waals surface area contributed by atoms with E-state index in [2.05, 4.69) is 15.5 Å². The Morgan fingerprint density at radius 3 is 2.53 bits per heavy atom. The van der Waals surface area contributed by atoms with Crippen LogP contribution in [0, 0.1) is 0 Å². The predicted molar refractivity (Wildman–Crippen MR) is 73.3 cm³/mol. The van der Waals surface area contributed by atoms with Crippen LogP contribution in [-0.4, -0.2) is 21.9 Å². The van der Waals surface area contributed by atoms with Crippen molar-refractivity contribution < 1.29 is 9.63 Å². The minimum absolute atomic E-state index is 0.0823. The second-order valence-corrected chi connectivity index (χ2v) is 4.98. The van der Waals surface area contributed by atoms with Crippen LogP contribution in [0.3, 0.4) is 0 Å². The number of benzene rings is 1. The van der Waals surface area contributed by atoms with Crippen LogP contribution < -0.4 is 5.32 Å². The van der Waals surface area contributed by atoms with Gasteiger partial charge in [-0.1, -0.05) is 42.7 Å². The molecule has 1 aromatic heterocycles. The molecule has 0 saturated carbocycles. The summed E-state index contributed by atoms with van der Waals surface area (Å²) in [6.07, 6.45) is 0. The maximum Gasteiger partial charge on any atom is 0.322 e. The van der Waals surface area contributed by atoms with Crippen LogP contribution in [0.1, 0.15) is 37.2 Å². The van der Waals surface area contributed by atoms with Gasteiger partial charge < -0.3 is 14.9 Å². The molecule has 19 heavy (non-hydrogen) atoms. The molecule has 2 N–H and O–H groups in total. The van der Waals surface area contributed by atoms with Crippen molar-refractivity contribution in [2.24, 2.45) is 0 Å². The highest BCUT2D eigenvalue weighted by Crippen LogP contribution is 2.21. The van der Waals surface area contributed by atoms with Gasteiger partial charge in [0.05, 0.1) is 12.6 Å². The van der Waals surface area contributed by atoms with Gasteiger partial charge in [-0.2, -0.15) is 4.98 Å². The topological polar surface area (TPSA) is 71.2 Å². The first-order chi connectivity index (χ1) is 9.10. The van der Waals surface area contributed by atoms with Crippen molar-refractivity contribution in [2.45, 2.75) is 25.8 Å². The van der Waals surface area contributed by atoms with Gasteiger partial charge in [0.1, 0.15) is 0 Å². The Morgan fingerprint density at radius 1 is 1.32 bits per heavy atom. The van der Waals surface area contributed by atoms with Gasteiger partial charge in [0.2, 0.25) is 0 Å². The van der Waals surface area contributed by atoms with Gasteiger partial charge in [-0.15, -0.1) is 0 Å².